The average Bonchev–Trinajstić information content (AvgIpc) is 3.25. The van der Waals surface area contributed by atoms with Crippen molar-refractivity contribution in [3.63, 3.8) is 0 Å². The lowest BCUT2D eigenvalue weighted by Crippen LogP contribution is -2.36. The smallest absolute Gasteiger partial charge is 0.191 e. The molecule has 2 N–H and O–H groups in total. The molecule has 0 radical (unpaired) electrons. The summed E-state index contributed by atoms with van der Waals surface area (Å²) in [7, 11) is 3.47. The SMILES string of the molecule is CN=C(NCc1cnn(Cc2ccccc2)c1)NCc1ccc(C)cc1OCCCOC. The van der Waals surface area contributed by atoms with Crippen molar-refractivity contribution in [3.8, 4) is 5.75 Å². The van der Waals surface area contributed by atoms with Crippen LogP contribution in [0.1, 0.15) is 28.7 Å². The van der Waals surface area contributed by atoms with Crippen molar-refractivity contribution in [2.24, 2.45) is 4.99 Å². The number of benzene rings is 2. The van der Waals surface area contributed by atoms with Gasteiger partial charge in [0.2, 0.25) is 0 Å². The zero-order valence-electron chi connectivity index (χ0n) is 19.2. The number of nitrogens with one attached hydrogen (secondary N) is 2. The third-order valence-electron chi connectivity index (χ3n) is 4.98. The second-order valence-electron chi connectivity index (χ2n) is 7.62. The van der Waals surface area contributed by atoms with Gasteiger partial charge < -0.3 is 20.1 Å². The van der Waals surface area contributed by atoms with Crippen molar-refractivity contribution >= 4 is 5.96 Å². The quantitative estimate of drug-likeness (QED) is 0.274. The van der Waals surface area contributed by atoms with E-state index in [-0.39, 0.29) is 0 Å². The lowest BCUT2D eigenvalue weighted by atomic mass is 10.1. The first-order valence-corrected chi connectivity index (χ1v) is 10.9. The predicted octanol–water partition coefficient (Wildman–Crippen LogP) is 3.52. The molecule has 3 rings (SSSR count). The number of aliphatic imine (C=N–C) groups is 1. The van der Waals surface area contributed by atoms with E-state index in [1.165, 1.54) is 11.1 Å². The molecule has 0 aliphatic heterocycles. The fourth-order valence-corrected chi connectivity index (χ4v) is 3.27. The van der Waals surface area contributed by atoms with Crippen LogP contribution in [0.25, 0.3) is 0 Å². The maximum atomic E-state index is 5.98. The Labute approximate surface area is 190 Å². The van der Waals surface area contributed by atoms with Crippen LogP contribution >= 0.6 is 0 Å². The van der Waals surface area contributed by atoms with Crippen molar-refractivity contribution in [3.05, 3.63) is 83.2 Å². The normalized spacial score (nSPS) is 11.4. The topological polar surface area (TPSA) is 72.7 Å². The van der Waals surface area contributed by atoms with E-state index in [2.05, 4.69) is 64.2 Å². The first kappa shape index (κ1) is 23.3. The third-order valence-corrected chi connectivity index (χ3v) is 4.98. The number of rotatable bonds is 11. The van der Waals surface area contributed by atoms with E-state index in [9.17, 15) is 0 Å². The summed E-state index contributed by atoms with van der Waals surface area (Å²) in [6.07, 6.45) is 4.80. The van der Waals surface area contributed by atoms with E-state index < -0.39 is 0 Å². The first-order chi connectivity index (χ1) is 15.7. The Kier molecular flexibility index (Phi) is 9.13. The van der Waals surface area contributed by atoms with Crippen molar-refractivity contribution in [1.29, 1.82) is 0 Å². The van der Waals surface area contributed by atoms with Gasteiger partial charge in [0.1, 0.15) is 5.75 Å². The number of guanidine groups is 1. The fourth-order valence-electron chi connectivity index (χ4n) is 3.27. The molecule has 2 aromatic carbocycles. The third kappa shape index (κ3) is 7.42. The molecule has 3 aromatic rings. The molecule has 0 bridgehead atoms. The van der Waals surface area contributed by atoms with Crippen molar-refractivity contribution in [1.82, 2.24) is 20.4 Å². The van der Waals surface area contributed by atoms with Crippen LogP contribution in [0.3, 0.4) is 0 Å². The molecule has 0 atom stereocenters. The number of methoxy groups -OCH3 is 1. The summed E-state index contributed by atoms with van der Waals surface area (Å²) in [5.41, 5.74) is 4.59. The Morgan fingerprint density at radius 3 is 2.62 bits per heavy atom. The van der Waals surface area contributed by atoms with Gasteiger partial charge in [-0.2, -0.15) is 5.10 Å². The van der Waals surface area contributed by atoms with Gasteiger partial charge in [-0.15, -0.1) is 0 Å². The molecule has 0 fully saturated rings. The highest BCUT2D eigenvalue weighted by Crippen LogP contribution is 2.20. The van der Waals surface area contributed by atoms with E-state index in [4.69, 9.17) is 9.47 Å². The molecule has 1 aromatic heterocycles. The molecule has 0 amide bonds. The zero-order chi connectivity index (χ0) is 22.6. The van der Waals surface area contributed by atoms with Gasteiger partial charge in [-0.05, 0) is 24.1 Å². The Morgan fingerprint density at radius 2 is 1.84 bits per heavy atom. The largest absolute Gasteiger partial charge is 0.493 e. The van der Waals surface area contributed by atoms with Crippen LogP contribution in [0, 0.1) is 6.92 Å². The molecule has 32 heavy (non-hydrogen) atoms. The minimum atomic E-state index is 0.618. The second-order valence-corrected chi connectivity index (χ2v) is 7.62. The average molecular weight is 436 g/mol. The van der Waals surface area contributed by atoms with Gasteiger partial charge >= 0.3 is 0 Å². The van der Waals surface area contributed by atoms with Gasteiger partial charge in [0, 0.05) is 57.6 Å². The number of hydrogen-bond donors (Lipinski definition) is 2. The standard InChI is InChI=1S/C25H33N5O2/c1-20-10-11-23(24(14-20)32-13-7-12-31-3)17-28-25(26-2)27-15-22-16-29-30(19-22)18-21-8-5-4-6-9-21/h4-6,8-11,14,16,19H,7,12-13,15,17-18H2,1-3H3,(H2,26,27,28). The lowest BCUT2D eigenvalue weighted by Gasteiger charge is -2.15. The number of nitrogens with zero attached hydrogens (tertiary/aromatic N) is 3. The molecule has 0 aliphatic rings. The summed E-state index contributed by atoms with van der Waals surface area (Å²) in [4.78, 5) is 4.34. The van der Waals surface area contributed by atoms with Gasteiger partial charge in [-0.3, -0.25) is 9.67 Å². The van der Waals surface area contributed by atoms with E-state index in [0.29, 0.717) is 26.3 Å². The predicted molar refractivity (Wildman–Crippen MR) is 128 cm³/mol. The Morgan fingerprint density at radius 1 is 1.03 bits per heavy atom. The van der Waals surface area contributed by atoms with E-state index in [1.54, 1.807) is 14.2 Å². The minimum absolute atomic E-state index is 0.618. The molecule has 0 aliphatic carbocycles. The maximum Gasteiger partial charge on any atom is 0.191 e. The molecular formula is C25H33N5O2. The van der Waals surface area contributed by atoms with Gasteiger partial charge in [0.25, 0.3) is 0 Å². The van der Waals surface area contributed by atoms with Crippen LogP contribution in [0.15, 0.2) is 65.9 Å². The molecule has 7 nitrogen and oxygen atoms in total. The fraction of sp³-hybridized carbons (Fsp3) is 0.360. The van der Waals surface area contributed by atoms with Crippen LogP contribution in [0.2, 0.25) is 0 Å². The Bertz CT molecular complexity index is 985. The molecule has 1 heterocycles. The van der Waals surface area contributed by atoms with Crippen molar-refractivity contribution in [2.75, 3.05) is 27.4 Å². The van der Waals surface area contributed by atoms with Gasteiger partial charge in [-0.25, -0.2) is 0 Å². The number of aryl methyl sites for hydroxylation is 1. The zero-order valence-corrected chi connectivity index (χ0v) is 19.2. The number of hydrogen-bond acceptors (Lipinski definition) is 4. The lowest BCUT2D eigenvalue weighted by molar-refractivity contribution is 0.171. The monoisotopic (exact) mass is 435 g/mol. The molecule has 0 saturated carbocycles. The molecule has 0 saturated heterocycles. The second kappa shape index (κ2) is 12.5. The van der Waals surface area contributed by atoms with Crippen LogP contribution in [0.4, 0.5) is 0 Å². The summed E-state index contributed by atoms with van der Waals surface area (Å²) in [6.45, 7) is 5.41. The molecular weight excluding hydrogens is 402 g/mol. The summed E-state index contributed by atoms with van der Waals surface area (Å²) >= 11 is 0. The highest BCUT2D eigenvalue weighted by molar-refractivity contribution is 5.79. The molecule has 0 spiro atoms. The van der Waals surface area contributed by atoms with Crippen LogP contribution in [-0.4, -0.2) is 43.1 Å². The molecule has 0 unspecified atom stereocenters. The Balaban J connectivity index is 1.50. The van der Waals surface area contributed by atoms with E-state index in [1.807, 2.05) is 29.1 Å². The highest BCUT2D eigenvalue weighted by Gasteiger charge is 2.07. The molecule has 7 heteroatoms. The molecule has 170 valence electrons. The van der Waals surface area contributed by atoms with Crippen LogP contribution < -0.4 is 15.4 Å². The number of aromatic nitrogens is 2. The van der Waals surface area contributed by atoms with Gasteiger partial charge in [0.05, 0.1) is 19.3 Å². The highest BCUT2D eigenvalue weighted by atomic mass is 16.5. The van der Waals surface area contributed by atoms with Crippen LogP contribution in [-0.2, 0) is 24.4 Å². The maximum absolute atomic E-state index is 5.98. The van der Waals surface area contributed by atoms with Gasteiger partial charge in [-0.1, -0.05) is 42.5 Å². The summed E-state index contributed by atoms with van der Waals surface area (Å²) < 4.78 is 13.0. The van der Waals surface area contributed by atoms with Gasteiger partial charge in [0.15, 0.2) is 5.96 Å². The number of ether oxygens (including phenoxy) is 2. The minimum Gasteiger partial charge on any atom is -0.493 e. The van der Waals surface area contributed by atoms with Crippen molar-refractivity contribution < 1.29 is 9.47 Å². The van der Waals surface area contributed by atoms with E-state index >= 15 is 0 Å². The summed E-state index contributed by atoms with van der Waals surface area (Å²) in [6, 6.07) is 16.6. The van der Waals surface area contributed by atoms with Crippen LogP contribution in [0.5, 0.6) is 5.75 Å². The summed E-state index contributed by atoms with van der Waals surface area (Å²) in [5, 5.41) is 11.2. The van der Waals surface area contributed by atoms with E-state index in [0.717, 1.165) is 35.8 Å². The van der Waals surface area contributed by atoms with Crippen molar-refractivity contribution in [2.45, 2.75) is 33.0 Å². The first-order valence-electron chi connectivity index (χ1n) is 10.9. The Hall–Kier alpha value is -3.32. The summed E-state index contributed by atoms with van der Waals surface area (Å²) in [5.74, 6) is 1.62.